The van der Waals surface area contributed by atoms with Crippen LogP contribution >= 0.6 is 0 Å². The number of carbonyl (C=O) groups excluding carboxylic acids is 1. The van der Waals surface area contributed by atoms with Gasteiger partial charge in [-0.2, -0.15) is 5.10 Å². The second-order valence-corrected chi connectivity index (χ2v) is 5.73. The van der Waals surface area contributed by atoms with Crippen molar-refractivity contribution >= 4 is 5.91 Å². The maximum Gasteiger partial charge on any atom is 0.573 e. The van der Waals surface area contributed by atoms with E-state index in [4.69, 9.17) is 0 Å². The van der Waals surface area contributed by atoms with E-state index in [2.05, 4.69) is 25.1 Å². The van der Waals surface area contributed by atoms with E-state index < -0.39 is 6.36 Å². The van der Waals surface area contributed by atoms with Gasteiger partial charge in [0.15, 0.2) is 5.82 Å². The van der Waals surface area contributed by atoms with Crippen LogP contribution in [0.2, 0.25) is 0 Å². The van der Waals surface area contributed by atoms with Gasteiger partial charge in [-0.1, -0.05) is 0 Å². The summed E-state index contributed by atoms with van der Waals surface area (Å²) < 4.78 is 42.2. The maximum atomic E-state index is 12.2. The highest BCUT2D eigenvalue weighted by atomic mass is 19.4. The Morgan fingerprint density at radius 2 is 1.89 bits per heavy atom. The highest BCUT2D eigenvalue weighted by molar-refractivity contribution is 5.94. The van der Waals surface area contributed by atoms with E-state index in [1.165, 1.54) is 30.5 Å². The SMILES string of the molecule is O=C1NCCn2nc(-c3ccnc(-c4ccc(OC(F)(F)F)cc4)n3)cc21. The molecule has 0 spiro atoms. The van der Waals surface area contributed by atoms with Crippen molar-refractivity contribution in [3.05, 3.63) is 48.3 Å². The number of nitrogens with one attached hydrogen (secondary N) is 1. The molecule has 2 aromatic heterocycles. The fourth-order valence-electron chi connectivity index (χ4n) is 2.71. The van der Waals surface area contributed by atoms with Crippen molar-refractivity contribution in [1.29, 1.82) is 0 Å². The van der Waals surface area contributed by atoms with E-state index in [9.17, 15) is 18.0 Å². The third kappa shape index (κ3) is 3.59. The van der Waals surface area contributed by atoms with Gasteiger partial charge >= 0.3 is 6.36 Å². The smallest absolute Gasteiger partial charge is 0.406 e. The van der Waals surface area contributed by atoms with Gasteiger partial charge in [0.05, 0.1) is 12.2 Å². The maximum absolute atomic E-state index is 12.2. The van der Waals surface area contributed by atoms with Crippen molar-refractivity contribution in [1.82, 2.24) is 25.1 Å². The fraction of sp³-hybridized carbons (Fsp3) is 0.176. The zero-order valence-electron chi connectivity index (χ0n) is 13.7. The molecule has 1 amide bonds. The van der Waals surface area contributed by atoms with Crippen molar-refractivity contribution in [3.8, 4) is 28.5 Å². The first-order valence-electron chi connectivity index (χ1n) is 7.95. The van der Waals surface area contributed by atoms with Crippen LogP contribution in [0, 0.1) is 0 Å². The largest absolute Gasteiger partial charge is 0.573 e. The third-order valence-corrected chi connectivity index (χ3v) is 3.89. The lowest BCUT2D eigenvalue weighted by Gasteiger charge is -2.13. The number of hydrogen-bond acceptors (Lipinski definition) is 5. The van der Waals surface area contributed by atoms with Crippen LogP contribution < -0.4 is 10.1 Å². The van der Waals surface area contributed by atoms with E-state index >= 15 is 0 Å². The molecule has 1 aliphatic rings. The molecular weight excluding hydrogens is 363 g/mol. The second kappa shape index (κ2) is 6.38. The van der Waals surface area contributed by atoms with E-state index in [1.807, 2.05) is 0 Å². The van der Waals surface area contributed by atoms with Crippen molar-refractivity contribution in [2.45, 2.75) is 12.9 Å². The quantitative estimate of drug-likeness (QED) is 0.761. The van der Waals surface area contributed by atoms with Crippen LogP contribution in [0.4, 0.5) is 13.2 Å². The molecule has 10 heteroatoms. The normalized spacial score (nSPS) is 13.8. The predicted octanol–water partition coefficient (Wildman–Crippen LogP) is 2.65. The van der Waals surface area contributed by atoms with Crippen LogP contribution in [-0.2, 0) is 6.54 Å². The molecule has 0 radical (unpaired) electrons. The van der Waals surface area contributed by atoms with Crippen LogP contribution in [-0.4, -0.2) is 38.6 Å². The van der Waals surface area contributed by atoms with Gasteiger partial charge in [-0.05, 0) is 36.4 Å². The van der Waals surface area contributed by atoms with Gasteiger partial charge < -0.3 is 10.1 Å². The van der Waals surface area contributed by atoms with E-state index in [-0.39, 0.29) is 11.7 Å². The number of hydrogen-bond donors (Lipinski definition) is 1. The molecule has 0 fully saturated rings. The molecule has 27 heavy (non-hydrogen) atoms. The lowest BCUT2D eigenvalue weighted by molar-refractivity contribution is -0.274. The molecule has 138 valence electrons. The van der Waals surface area contributed by atoms with Gasteiger partial charge in [0.2, 0.25) is 0 Å². The summed E-state index contributed by atoms with van der Waals surface area (Å²) in [4.78, 5) is 20.4. The first kappa shape index (κ1) is 17.0. The summed E-state index contributed by atoms with van der Waals surface area (Å²) in [6, 6.07) is 8.55. The zero-order chi connectivity index (χ0) is 19.0. The van der Waals surface area contributed by atoms with Crippen LogP contribution in [0.25, 0.3) is 22.8 Å². The molecule has 0 saturated heterocycles. The molecule has 0 atom stereocenters. The Morgan fingerprint density at radius 3 is 2.59 bits per heavy atom. The van der Waals surface area contributed by atoms with Crippen LogP contribution in [0.1, 0.15) is 10.5 Å². The summed E-state index contributed by atoms with van der Waals surface area (Å²) >= 11 is 0. The van der Waals surface area contributed by atoms with Gasteiger partial charge in [0.25, 0.3) is 5.91 Å². The number of nitrogens with zero attached hydrogens (tertiary/aromatic N) is 4. The van der Waals surface area contributed by atoms with Crippen molar-refractivity contribution in [2.24, 2.45) is 0 Å². The van der Waals surface area contributed by atoms with Gasteiger partial charge in [-0.25, -0.2) is 9.97 Å². The van der Waals surface area contributed by atoms with Gasteiger partial charge in [-0.15, -0.1) is 13.2 Å². The topological polar surface area (TPSA) is 81.9 Å². The molecule has 1 aromatic carbocycles. The number of benzene rings is 1. The van der Waals surface area contributed by atoms with Crippen molar-refractivity contribution in [3.63, 3.8) is 0 Å². The molecule has 1 aliphatic heterocycles. The van der Waals surface area contributed by atoms with Crippen LogP contribution in [0.15, 0.2) is 42.6 Å². The molecule has 3 aromatic rings. The monoisotopic (exact) mass is 375 g/mol. The fourth-order valence-corrected chi connectivity index (χ4v) is 2.71. The zero-order valence-corrected chi connectivity index (χ0v) is 13.7. The van der Waals surface area contributed by atoms with E-state index in [1.54, 1.807) is 16.8 Å². The highest BCUT2D eigenvalue weighted by Crippen LogP contribution is 2.26. The second-order valence-electron chi connectivity index (χ2n) is 5.73. The highest BCUT2D eigenvalue weighted by Gasteiger charge is 2.31. The lowest BCUT2D eigenvalue weighted by Crippen LogP contribution is -2.35. The number of amides is 1. The van der Waals surface area contributed by atoms with E-state index in [0.717, 1.165) is 0 Å². The van der Waals surface area contributed by atoms with Crippen molar-refractivity contribution in [2.75, 3.05) is 6.54 Å². The lowest BCUT2D eigenvalue weighted by atomic mass is 10.2. The minimum Gasteiger partial charge on any atom is -0.406 e. The Labute approximate surface area is 150 Å². The summed E-state index contributed by atoms with van der Waals surface area (Å²) in [6.45, 7) is 1.08. The van der Waals surface area contributed by atoms with Gasteiger partial charge in [0.1, 0.15) is 17.1 Å². The molecule has 7 nitrogen and oxygen atoms in total. The Balaban J connectivity index is 1.62. The van der Waals surface area contributed by atoms with Gasteiger partial charge in [-0.3, -0.25) is 9.48 Å². The number of ether oxygens (including phenoxy) is 1. The van der Waals surface area contributed by atoms with Crippen LogP contribution in [0.5, 0.6) is 5.75 Å². The summed E-state index contributed by atoms with van der Waals surface area (Å²) in [5, 5.41) is 7.12. The Hall–Kier alpha value is -3.43. The summed E-state index contributed by atoms with van der Waals surface area (Å²) in [5.74, 6) is -0.203. The van der Waals surface area contributed by atoms with Crippen molar-refractivity contribution < 1.29 is 22.7 Å². The number of fused-ring (bicyclic) bond motifs is 1. The van der Waals surface area contributed by atoms with E-state index in [0.29, 0.717) is 41.6 Å². The molecule has 4 rings (SSSR count). The standard InChI is InChI=1S/C17H12F3N5O2/c18-17(19,20)27-11-3-1-10(2-4-11)15-21-6-5-12(23-15)13-9-14-16(26)22-7-8-25(14)24-13/h1-6,9H,7-8H2,(H,22,26). The number of rotatable bonds is 3. The third-order valence-electron chi connectivity index (χ3n) is 3.89. The minimum atomic E-state index is -4.75. The minimum absolute atomic E-state index is 0.200. The molecule has 0 bridgehead atoms. The Kier molecular flexibility index (Phi) is 4.02. The summed E-state index contributed by atoms with van der Waals surface area (Å²) in [6.07, 6.45) is -3.22. The molecule has 0 saturated carbocycles. The Morgan fingerprint density at radius 1 is 1.11 bits per heavy atom. The molecule has 1 N–H and O–H groups in total. The Bertz CT molecular complexity index is 999. The number of aromatic nitrogens is 4. The number of carbonyl (C=O) groups is 1. The molecule has 0 unspecified atom stereocenters. The average molecular weight is 375 g/mol. The average Bonchev–Trinajstić information content (AvgIpc) is 3.07. The van der Waals surface area contributed by atoms with Crippen LogP contribution in [0.3, 0.4) is 0 Å². The predicted molar refractivity (Wildman–Crippen MR) is 87.7 cm³/mol. The first-order valence-corrected chi connectivity index (χ1v) is 7.95. The number of alkyl halides is 3. The summed E-state index contributed by atoms with van der Waals surface area (Å²) in [5.41, 5.74) is 1.99. The molecule has 3 heterocycles. The molecular formula is C17H12F3N5O2. The van der Waals surface area contributed by atoms with Gasteiger partial charge in [0, 0.05) is 18.3 Å². The molecule has 0 aliphatic carbocycles. The number of halogens is 3. The summed E-state index contributed by atoms with van der Waals surface area (Å²) in [7, 11) is 0. The first-order chi connectivity index (χ1) is 12.9.